The lowest BCUT2D eigenvalue weighted by Gasteiger charge is -2.02. The number of hydrogen-bond donors (Lipinski definition) is 2. The average Bonchev–Trinajstić information content (AvgIpc) is 2.80. The molecule has 0 aliphatic carbocycles. The van der Waals surface area contributed by atoms with Crippen molar-refractivity contribution in [1.29, 1.82) is 0 Å². The topological polar surface area (TPSA) is 97.1 Å². The van der Waals surface area contributed by atoms with Crippen molar-refractivity contribution in [2.45, 2.75) is 13.5 Å². The van der Waals surface area contributed by atoms with Gasteiger partial charge in [-0.25, -0.2) is 4.68 Å². The lowest BCUT2D eigenvalue weighted by molar-refractivity contribution is -0.137. The van der Waals surface area contributed by atoms with E-state index in [1.165, 1.54) is 6.20 Å². The van der Waals surface area contributed by atoms with E-state index in [1.807, 2.05) is 19.1 Å². The lowest BCUT2D eigenvalue weighted by atomic mass is 10.2. The number of aryl methyl sites for hydroxylation is 1. The molecule has 1 amide bonds. The Kier molecular flexibility index (Phi) is 3.56. The van der Waals surface area contributed by atoms with Crippen molar-refractivity contribution in [3.8, 4) is 0 Å². The van der Waals surface area contributed by atoms with Crippen LogP contribution in [0.15, 0.2) is 30.5 Å². The number of aliphatic carboxylic acids is 1. The van der Waals surface area contributed by atoms with Crippen molar-refractivity contribution in [3.63, 3.8) is 0 Å². The molecule has 19 heavy (non-hydrogen) atoms. The van der Waals surface area contributed by atoms with E-state index >= 15 is 0 Å². The number of carboxylic acid groups (broad SMARTS) is 1. The van der Waals surface area contributed by atoms with E-state index in [2.05, 4.69) is 15.6 Å². The predicted molar refractivity (Wildman–Crippen MR) is 66.8 cm³/mol. The van der Waals surface area contributed by atoms with Gasteiger partial charge in [0.05, 0.1) is 6.20 Å². The highest BCUT2D eigenvalue weighted by Gasteiger charge is 2.12. The van der Waals surface area contributed by atoms with Gasteiger partial charge in [-0.3, -0.25) is 9.59 Å². The molecule has 1 heterocycles. The maximum atomic E-state index is 11.8. The number of aromatic nitrogens is 3. The number of nitrogens with zero attached hydrogens (tertiary/aromatic N) is 3. The molecule has 0 atom stereocenters. The second kappa shape index (κ2) is 5.30. The minimum atomic E-state index is -1.05. The summed E-state index contributed by atoms with van der Waals surface area (Å²) in [5.41, 5.74) is 1.80. The molecule has 0 radical (unpaired) electrons. The third-order valence-electron chi connectivity index (χ3n) is 2.38. The van der Waals surface area contributed by atoms with E-state index in [4.69, 9.17) is 5.11 Å². The molecule has 0 aliphatic rings. The molecule has 1 aromatic carbocycles. The fourth-order valence-electron chi connectivity index (χ4n) is 1.45. The van der Waals surface area contributed by atoms with Gasteiger partial charge in [-0.05, 0) is 19.1 Å². The number of benzene rings is 1. The summed E-state index contributed by atoms with van der Waals surface area (Å²) in [6, 6.07) is 7.29. The molecule has 0 bridgehead atoms. The largest absolute Gasteiger partial charge is 0.480 e. The number of carboxylic acids is 1. The molecule has 0 saturated carbocycles. The molecule has 0 unspecified atom stereocenters. The summed E-state index contributed by atoms with van der Waals surface area (Å²) in [5.74, 6) is -1.48. The lowest BCUT2D eigenvalue weighted by Crippen LogP contribution is -2.12. The molecule has 2 aromatic rings. The third-order valence-corrected chi connectivity index (χ3v) is 2.38. The number of amides is 1. The van der Waals surface area contributed by atoms with Crippen LogP contribution in [0.2, 0.25) is 0 Å². The van der Waals surface area contributed by atoms with Gasteiger partial charge in [0.15, 0.2) is 5.69 Å². The van der Waals surface area contributed by atoms with Gasteiger partial charge in [-0.1, -0.05) is 22.9 Å². The quantitative estimate of drug-likeness (QED) is 0.852. The molecule has 7 nitrogen and oxygen atoms in total. The second-order valence-electron chi connectivity index (χ2n) is 4.02. The van der Waals surface area contributed by atoms with Crippen LogP contribution in [0.3, 0.4) is 0 Å². The number of carbonyl (C=O) groups excluding carboxylic acids is 1. The summed E-state index contributed by atoms with van der Waals surface area (Å²) >= 11 is 0. The molecular formula is C12H12N4O3. The summed E-state index contributed by atoms with van der Waals surface area (Å²) in [6.45, 7) is 1.62. The Morgan fingerprint density at radius 2 is 2.00 bits per heavy atom. The van der Waals surface area contributed by atoms with E-state index in [9.17, 15) is 9.59 Å². The zero-order valence-electron chi connectivity index (χ0n) is 10.2. The van der Waals surface area contributed by atoms with Crippen LogP contribution in [-0.4, -0.2) is 32.0 Å². The van der Waals surface area contributed by atoms with Gasteiger partial charge in [0, 0.05) is 5.69 Å². The number of rotatable bonds is 4. The zero-order valence-corrected chi connectivity index (χ0v) is 10.2. The number of nitrogens with one attached hydrogen (secondary N) is 1. The zero-order chi connectivity index (χ0) is 13.8. The molecule has 0 spiro atoms. The Hall–Kier alpha value is -2.70. The number of hydrogen-bond acceptors (Lipinski definition) is 4. The fraction of sp³-hybridized carbons (Fsp3) is 0.167. The highest BCUT2D eigenvalue weighted by Crippen LogP contribution is 2.09. The minimum Gasteiger partial charge on any atom is -0.480 e. The first kappa shape index (κ1) is 12.7. The van der Waals surface area contributed by atoms with E-state index < -0.39 is 11.9 Å². The smallest absolute Gasteiger partial charge is 0.325 e. The minimum absolute atomic E-state index is 0.0711. The van der Waals surface area contributed by atoms with E-state index in [0.29, 0.717) is 5.69 Å². The maximum Gasteiger partial charge on any atom is 0.325 e. The Morgan fingerprint density at radius 3 is 2.63 bits per heavy atom. The van der Waals surface area contributed by atoms with Crippen LogP contribution in [0.25, 0.3) is 0 Å². The molecule has 1 aromatic heterocycles. The van der Waals surface area contributed by atoms with Crippen molar-refractivity contribution in [2.75, 3.05) is 5.32 Å². The van der Waals surface area contributed by atoms with E-state index in [-0.39, 0.29) is 12.2 Å². The molecule has 0 fully saturated rings. The third kappa shape index (κ3) is 3.38. The van der Waals surface area contributed by atoms with Crippen LogP contribution in [-0.2, 0) is 11.3 Å². The van der Waals surface area contributed by atoms with Crippen molar-refractivity contribution >= 4 is 17.6 Å². The van der Waals surface area contributed by atoms with E-state index in [1.54, 1.807) is 12.1 Å². The van der Waals surface area contributed by atoms with Gasteiger partial charge in [-0.2, -0.15) is 0 Å². The summed E-state index contributed by atoms with van der Waals surface area (Å²) < 4.78 is 1.09. The molecule has 7 heteroatoms. The summed E-state index contributed by atoms with van der Waals surface area (Å²) in [7, 11) is 0. The van der Waals surface area contributed by atoms with Crippen LogP contribution < -0.4 is 5.32 Å². The highest BCUT2D eigenvalue weighted by molar-refractivity contribution is 6.02. The first-order valence-corrected chi connectivity index (χ1v) is 5.54. The van der Waals surface area contributed by atoms with Gasteiger partial charge >= 0.3 is 5.97 Å². The van der Waals surface area contributed by atoms with Crippen LogP contribution in [0.4, 0.5) is 5.69 Å². The highest BCUT2D eigenvalue weighted by atomic mass is 16.4. The Morgan fingerprint density at radius 1 is 1.32 bits per heavy atom. The first-order valence-electron chi connectivity index (χ1n) is 5.54. The van der Waals surface area contributed by atoms with Gasteiger partial charge in [0.25, 0.3) is 5.91 Å². The van der Waals surface area contributed by atoms with Crippen molar-refractivity contribution in [2.24, 2.45) is 0 Å². The van der Waals surface area contributed by atoms with Crippen LogP contribution >= 0.6 is 0 Å². The number of anilines is 1. The van der Waals surface area contributed by atoms with Crippen molar-refractivity contribution < 1.29 is 14.7 Å². The normalized spacial score (nSPS) is 10.2. The monoisotopic (exact) mass is 260 g/mol. The Bertz CT molecular complexity index is 604. The van der Waals surface area contributed by atoms with Crippen LogP contribution in [0, 0.1) is 6.92 Å². The number of carbonyl (C=O) groups is 2. The maximum absolute atomic E-state index is 11.8. The summed E-state index contributed by atoms with van der Waals surface area (Å²) in [5, 5.41) is 18.4. The van der Waals surface area contributed by atoms with Gasteiger partial charge in [0.1, 0.15) is 6.54 Å². The molecule has 0 saturated heterocycles. The first-order chi connectivity index (χ1) is 9.04. The van der Waals surface area contributed by atoms with Gasteiger partial charge in [-0.15, -0.1) is 5.10 Å². The molecule has 2 N–H and O–H groups in total. The molecule has 2 rings (SSSR count). The fourth-order valence-corrected chi connectivity index (χ4v) is 1.45. The van der Waals surface area contributed by atoms with Crippen LogP contribution in [0.1, 0.15) is 16.1 Å². The summed E-state index contributed by atoms with van der Waals surface area (Å²) in [4.78, 5) is 22.3. The molecule has 98 valence electrons. The second-order valence-corrected chi connectivity index (χ2v) is 4.02. The van der Waals surface area contributed by atoms with Crippen molar-refractivity contribution in [3.05, 3.63) is 41.7 Å². The standard InChI is InChI=1S/C12H12N4O3/c1-8-2-4-9(5-3-8)13-12(19)10-6-16(15-14-10)7-11(17)18/h2-6H,7H2,1H3,(H,13,19)(H,17,18). The molecular weight excluding hydrogens is 248 g/mol. The van der Waals surface area contributed by atoms with Gasteiger partial charge in [0.2, 0.25) is 0 Å². The average molecular weight is 260 g/mol. The Labute approximate surface area is 108 Å². The predicted octanol–water partition coefficient (Wildman–Crippen LogP) is 0.923. The summed E-state index contributed by atoms with van der Waals surface area (Å²) in [6.07, 6.45) is 1.29. The van der Waals surface area contributed by atoms with Gasteiger partial charge < -0.3 is 10.4 Å². The van der Waals surface area contributed by atoms with E-state index in [0.717, 1.165) is 10.2 Å². The SMILES string of the molecule is Cc1ccc(NC(=O)c2cn(CC(=O)O)nn2)cc1. The molecule has 0 aliphatic heterocycles. The van der Waals surface area contributed by atoms with Crippen molar-refractivity contribution in [1.82, 2.24) is 15.0 Å². The Balaban J connectivity index is 2.05. The van der Waals surface area contributed by atoms with Crippen LogP contribution in [0.5, 0.6) is 0 Å².